The highest BCUT2D eigenvalue weighted by Crippen LogP contribution is 2.32. The van der Waals surface area contributed by atoms with Crippen molar-refractivity contribution in [2.75, 3.05) is 63.0 Å². The largest absolute Gasteiger partial charge is 0.444 e. The van der Waals surface area contributed by atoms with Crippen LogP contribution >= 0.6 is 23.2 Å². The number of carbonyl (C=O) groups excluding carboxylic acids is 5. The number of benzene rings is 2. The SMILES string of the molecule is CC(C)(C)OC(=O)Nc1cc(CN2CCC(C(=O)N3CCC(CC(=O)c4ccc(Cl)cc4)CC3)CC2)ccn1.CC(C)(C)OC(=O)Nc1cc(CN2CCC(C(=O)N3CCC(CC(O)c4ccc(Cl)cc4)CC3)CC2)ccn1. The Morgan fingerprint density at radius 2 is 0.974 bits per heavy atom. The Labute approximate surface area is 470 Å². The van der Waals surface area contributed by atoms with Gasteiger partial charge in [-0.1, -0.05) is 35.3 Å². The number of nitrogens with zero attached hydrogens (tertiary/aromatic N) is 6. The quantitative estimate of drug-likeness (QED) is 0.102. The van der Waals surface area contributed by atoms with E-state index in [1.165, 1.54) is 0 Å². The Balaban J connectivity index is 0.000000226. The van der Waals surface area contributed by atoms with Gasteiger partial charge in [0.2, 0.25) is 11.8 Å². The van der Waals surface area contributed by atoms with E-state index in [2.05, 4.69) is 30.4 Å². The number of aliphatic hydroxyl groups excluding tert-OH is 1. The average Bonchev–Trinajstić information content (AvgIpc) is 3.39. The zero-order valence-corrected chi connectivity index (χ0v) is 47.9. The molecule has 1 atom stereocenters. The summed E-state index contributed by atoms with van der Waals surface area (Å²) in [7, 11) is 0. The van der Waals surface area contributed by atoms with Crippen LogP contribution in [-0.2, 0) is 32.2 Å². The van der Waals surface area contributed by atoms with E-state index in [9.17, 15) is 29.1 Å². The van der Waals surface area contributed by atoms with Gasteiger partial charge < -0.3 is 24.4 Å². The number of anilines is 2. The number of ketones is 1. The van der Waals surface area contributed by atoms with Gasteiger partial charge in [0.25, 0.3) is 0 Å². The lowest BCUT2D eigenvalue weighted by Gasteiger charge is -2.37. The molecule has 2 aromatic carbocycles. The fourth-order valence-corrected chi connectivity index (χ4v) is 11.0. The van der Waals surface area contributed by atoms with Crippen LogP contribution in [0.5, 0.6) is 0 Å². The first-order chi connectivity index (χ1) is 37.1. The molecule has 0 bridgehead atoms. The van der Waals surface area contributed by atoms with E-state index in [4.69, 9.17) is 32.7 Å². The highest BCUT2D eigenvalue weighted by atomic mass is 35.5. The van der Waals surface area contributed by atoms with E-state index in [1.807, 2.05) is 99.9 Å². The van der Waals surface area contributed by atoms with Crippen molar-refractivity contribution in [2.45, 2.75) is 136 Å². The zero-order chi connectivity index (χ0) is 56.0. The van der Waals surface area contributed by atoms with Crippen molar-refractivity contribution in [2.24, 2.45) is 23.7 Å². The van der Waals surface area contributed by atoms with Crippen molar-refractivity contribution < 1.29 is 38.6 Å². The van der Waals surface area contributed by atoms with Crippen LogP contribution < -0.4 is 10.6 Å². The van der Waals surface area contributed by atoms with Crippen LogP contribution in [-0.4, -0.2) is 128 Å². The average molecular weight is 1110 g/mol. The molecule has 4 fully saturated rings. The number of piperidine rings is 4. The number of aromatic nitrogens is 2. The van der Waals surface area contributed by atoms with Crippen LogP contribution in [0.1, 0.15) is 139 Å². The molecule has 4 aliphatic rings. The van der Waals surface area contributed by atoms with Gasteiger partial charge in [-0.25, -0.2) is 19.6 Å². The van der Waals surface area contributed by atoms with Crippen LogP contribution in [0.15, 0.2) is 85.2 Å². The number of likely N-dealkylation sites (tertiary alicyclic amines) is 4. The van der Waals surface area contributed by atoms with E-state index >= 15 is 0 Å². The molecule has 1 unspecified atom stereocenters. The number of amides is 4. The summed E-state index contributed by atoms with van der Waals surface area (Å²) < 4.78 is 10.6. The molecule has 0 radical (unpaired) electrons. The lowest BCUT2D eigenvalue weighted by atomic mass is 9.87. The molecule has 4 aliphatic heterocycles. The molecule has 78 heavy (non-hydrogen) atoms. The summed E-state index contributed by atoms with van der Waals surface area (Å²) in [5.74, 6) is 2.45. The summed E-state index contributed by atoms with van der Waals surface area (Å²) in [5, 5.41) is 17.3. The summed E-state index contributed by atoms with van der Waals surface area (Å²) in [6.07, 6.45) is 10.0. The molecule has 0 spiro atoms. The van der Waals surface area contributed by atoms with E-state index in [-0.39, 0.29) is 29.4 Å². The van der Waals surface area contributed by atoms with Crippen LogP contribution in [0.25, 0.3) is 0 Å². The van der Waals surface area contributed by atoms with E-state index < -0.39 is 29.5 Å². The van der Waals surface area contributed by atoms with Gasteiger partial charge >= 0.3 is 12.2 Å². The van der Waals surface area contributed by atoms with Gasteiger partial charge in [-0.05, 0) is 215 Å². The second-order valence-electron chi connectivity index (χ2n) is 23.4. The van der Waals surface area contributed by atoms with Crippen molar-refractivity contribution in [1.82, 2.24) is 29.6 Å². The second kappa shape index (κ2) is 28.0. The third kappa shape index (κ3) is 19.3. The molecular formula is C60H80Cl2N8O8. The maximum absolute atomic E-state index is 13.2. The van der Waals surface area contributed by atoms with E-state index in [1.54, 1.807) is 36.7 Å². The van der Waals surface area contributed by atoms with Crippen molar-refractivity contribution in [3.63, 3.8) is 0 Å². The fourth-order valence-electron chi connectivity index (χ4n) is 10.7. The number of hydrogen-bond donors (Lipinski definition) is 3. The number of halogens is 2. The third-order valence-corrected chi connectivity index (χ3v) is 15.4. The van der Waals surface area contributed by atoms with Gasteiger partial charge in [-0.3, -0.25) is 34.8 Å². The number of Topliss-reactive ketones (excluding diaryl/α,β-unsaturated/α-hetero) is 1. The van der Waals surface area contributed by atoms with E-state index in [0.29, 0.717) is 51.9 Å². The summed E-state index contributed by atoms with van der Waals surface area (Å²) >= 11 is 11.9. The number of rotatable bonds is 14. The van der Waals surface area contributed by atoms with Crippen molar-refractivity contribution >= 4 is 64.6 Å². The highest BCUT2D eigenvalue weighted by molar-refractivity contribution is 6.30. The van der Waals surface area contributed by atoms with Gasteiger partial charge in [0.05, 0.1) is 6.10 Å². The maximum atomic E-state index is 13.2. The van der Waals surface area contributed by atoms with Gasteiger partial charge in [0.1, 0.15) is 22.8 Å². The summed E-state index contributed by atoms with van der Waals surface area (Å²) in [4.78, 5) is 80.3. The minimum atomic E-state index is -0.573. The molecule has 8 rings (SSSR count). The van der Waals surface area contributed by atoms with Crippen LogP contribution in [0, 0.1) is 23.7 Å². The van der Waals surface area contributed by atoms with Gasteiger partial charge in [0, 0.05) is 85.5 Å². The first-order valence-electron chi connectivity index (χ1n) is 27.8. The van der Waals surface area contributed by atoms with Crippen LogP contribution in [0.2, 0.25) is 10.0 Å². The number of hydrogen-bond acceptors (Lipinski definition) is 12. The molecule has 2 aromatic heterocycles. The van der Waals surface area contributed by atoms with Crippen LogP contribution in [0.3, 0.4) is 0 Å². The van der Waals surface area contributed by atoms with Crippen molar-refractivity contribution in [3.8, 4) is 0 Å². The smallest absolute Gasteiger partial charge is 0.413 e. The lowest BCUT2D eigenvalue weighted by molar-refractivity contribution is -0.139. The van der Waals surface area contributed by atoms with Crippen LogP contribution in [0.4, 0.5) is 21.2 Å². The van der Waals surface area contributed by atoms with Crippen molar-refractivity contribution in [3.05, 3.63) is 117 Å². The monoisotopic (exact) mass is 1110 g/mol. The zero-order valence-electron chi connectivity index (χ0n) is 46.4. The first-order valence-corrected chi connectivity index (χ1v) is 28.5. The second-order valence-corrected chi connectivity index (χ2v) is 24.3. The Bertz CT molecular complexity index is 2610. The number of pyridine rings is 2. The Kier molecular flexibility index (Phi) is 21.5. The molecule has 4 amide bonds. The molecule has 0 aliphatic carbocycles. The summed E-state index contributed by atoms with van der Waals surface area (Å²) in [6.45, 7) is 18.8. The van der Waals surface area contributed by atoms with Gasteiger partial charge in [-0.15, -0.1) is 0 Å². The maximum Gasteiger partial charge on any atom is 0.413 e. The molecule has 6 heterocycles. The predicted molar refractivity (Wildman–Crippen MR) is 304 cm³/mol. The van der Waals surface area contributed by atoms with Gasteiger partial charge in [-0.2, -0.15) is 0 Å². The molecule has 0 saturated carbocycles. The topological polar surface area (TPSA) is 187 Å². The van der Waals surface area contributed by atoms with Crippen molar-refractivity contribution in [1.29, 1.82) is 0 Å². The molecule has 4 saturated heterocycles. The van der Waals surface area contributed by atoms with E-state index in [0.717, 1.165) is 134 Å². The minimum absolute atomic E-state index is 0.0512. The molecule has 3 N–H and O–H groups in total. The Morgan fingerprint density at radius 1 is 0.577 bits per heavy atom. The number of nitrogens with one attached hydrogen (secondary N) is 2. The standard InChI is InChI=1S/C30H41ClN4O4.C30H39ClN4O4/c2*1-30(2,3)39-29(38)33-27-19-22(8-13-32-27)20-34-14-11-24(12-15-34)28(37)35-16-9-21(10-17-35)18-26(36)23-4-6-25(31)7-5-23/h4-8,13,19,21,24,26,36H,9-12,14-18,20H2,1-3H3,(H,32,33,38);4-8,13,19,21,24H,9-12,14-18,20H2,1-3H3,(H,32,33,38). The first kappa shape index (κ1) is 60.0. The third-order valence-electron chi connectivity index (χ3n) is 14.9. The number of aliphatic hydroxyl groups is 1. The molecule has 18 heteroatoms. The summed E-state index contributed by atoms with van der Waals surface area (Å²) in [6, 6.07) is 22.1. The molecule has 422 valence electrons. The molecule has 4 aromatic rings. The predicted octanol–water partition coefficient (Wildman–Crippen LogP) is 11.5. The number of ether oxygens (including phenoxy) is 2. The van der Waals surface area contributed by atoms with Gasteiger partial charge in [0.15, 0.2) is 5.78 Å². The number of carbonyl (C=O) groups is 5. The normalized spacial score (nSPS) is 18.1. The fraction of sp³-hybridized carbons (Fsp3) is 0.550. The summed E-state index contributed by atoms with van der Waals surface area (Å²) in [5.41, 5.74) is 2.56. The Morgan fingerprint density at radius 3 is 1.38 bits per heavy atom. The Hall–Kier alpha value is -5.65. The molecule has 16 nitrogen and oxygen atoms in total. The molecular weight excluding hydrogens is 1030 g/mol. The lowest BCUT2D eigenvalue weighted by Crippen LogP contribution is -2.45. The minimum Gasteiger partial charge on any atom is -0.444 e. The highest BCUT2D eigenvalue weighted by Gasteiger charge is 2.34.